The monoisotopic (exact) mass is 379 g/mol. The van der Waals surface area contributed by atoms with Crippen molar-refractivity contribution in [3.8, 4) is 0 Å². The number of rotatable bonds is 5. The molecule has 1 fully saturated rings. The first-order chi connectivity index (χ1) is 13.6. The second kappa shape index (κ2) is 8.33. The first-order valence-electron chi connectivity index (χ1n) is 10.1. The van der Waals surface area contributed by atoms with E-state index in [4.69, 9.17) is 0 Å². The van der Waals surface area contributed by atoms with Crippen LogP contribution in [-0.2, 0) is 17.8 Å². The molecule has 148 valence electrons. The second-order valence-corrected chi connectivity index (χ2v) is 8.00. The lowest BCUT2D eigenvalue weighted by atomic mass is 10.00. The average molecular weight is 380 g/mol. The number of carbonyl (C=O) groups is 1. The van der Waals surface area contributed by atoms with Gasteiger partial charge in [0.25, 0.3) is 0 Å². The maximum atomic E-state index is 12.6. The first-order valence-corrected chi connectivity index (χ1v) is 10.1. The standard InChI is InChI=1S/C23H29N3O2/c1-18-6-8-21(9-7-18)25-12-13-26(23(28)17-25)16-22(27)15-24-11-10-19-4-2-3-5-20(19)14-24/h2-9,22,27H,10-17H2,1H3. The van der Waals surface area contributed by atoms with E-state index in [1.807, 2.05) is 4.90 Å². The van der Waals surface area contributed by atoms with Gasteiger partial charge in [-0.2, -0.15) is 0 Å². The molecule has 1 N–H and O–H groups in total. The SMILES string of the molecule is Cc1ccc(N2CCN(CC(O)CN3CCc4ccccc4C3)C(=O)C2)cc1. The average Bonchev–Trinajstić information content (AvgIpc) is 2.70. The van der Waals surface area contributed by atoms with Gasteiger partial charge in [-0.3, -0.25) is 9.69 Å². The number of aryl methyl sites for hydroxylation is 1. The minimum absolute atomic E-state index is 0.0925. The van der Waals surface area contributed by atoms with Crippen LogP contribution in [0.25, 0.3) is 0 Å². The number of fused-ring (bicyclic) bond motifs is 1. The molecule has 0 bridgehead atoms. The van der Waals surface area contributed by atoms with Crippen LogP contribution >= 0.6 is 0 Å². The Morgan fingerprint density at radius 2 is 1.68 bits per heavy atom. The molecule has 0 saturated carbocycles. The predicted octanol–water partition coefficient (Wildman–Crippen LogP) is 2.06. The number of hydrogen-bond donors (Lipinski definition) is 1. The third kappa shape index (κ3) is 4.37. The Bertz CT molecular complexity index is 821. The van der Waals surface area contributed by atoms with Crippen LogP contribution in [0.15, 0.2) is 48.5 Å². The van der Waals surface area contributed by atoms with Crippen LogP contribution in [0.2, 0.25) is 0 Å². The van der Waals surface area contributed by atoms with Gasteiger partial charge in [-0.25, -0.2) is 0 Å². The Hall–Kier alpha value is -2.37. The van der Waals surface area contributed by atoms with E-state index in [9.17, 15) is 9.90 Å². The molecule has 1 unspecified atom stereocenters. The summed E-state index contributed by atoms with van der Waals surface area (Å²) in [7, 11) is 0. The van der Waals surface area contributed by atoms with Crippen LogP contribution in [0, 0.1) is 6.92 Å². The Labute approximate surface area is 167 Å². The van der Waals surface area contributed by atoms with Crippen LogP contribution in [0.3, 0.4) is 0 Å². The van der Waals surface area contributed by atoms with E-state index in [2.05, 4.69) is 65.3 Å². The molecule has 4 rings (SSSR count). The van der Waals surface area contributed by atoms with Crippen LogP contribution < -0.4 is 4.90 Å². The van der Waals surface area contributed by atoms with Crippen molar-refractivity contribution in [2.75, 3.05) is 44.2 Å². The van der Waals surface area contributed by atoms with Gasteiger partial charge in [-0.15, -0.1) is 0 Å². The normalized spacial score (nSPS) is 18.9. The van der Waals surface area contributed by atoms with Gasteiger partial charge in [0.2, 0.25) is 5.91 Å². The lowest BCUT2D eigenvalue weighted by Crippen LogP contribution is -2.53. The number of nitrogens with zero attached hydrogens (tertiary/aromatic N) is 3. The molecule has 5 nitrogen and oxygen atoms in total. The fraction of sp³-hybridized carbons (Fsp3) is 0.435. The molecule has 0 aromatic heterocycles. The quantitative estimate of drug-likeness (QED) is 0.864. The summed E-state index contributed by atoms with van der Waals surface area (Å²) in [6.07, 6.45) is 0.511. The number of aliphatic hydroxyl groups excluding tert-OH is 1. The minimum atomic E-state index is -0.514. The fourth-order valence-corrected chi connectivity index (χ4v) is 4.20. The van der Waals surface area contributed by atoms with Gasteiger partial charge >= 0.3 is 0 Å². The van der Waals surface area contributed by atoms with Gasteiger partial charge < -0.3 is 14.9 Å². The summed E-state index contributed by atoms with van der Waals surface area (Å²) in [4.78, 5) is 18.8. The molecule has 2 heterocycles. The van der Waals surface area contributed by atoms with Crippen molar-refractivity contribution in [1.82, 2.24) is 9.80 Å². The first kappa shape index (κ1) is 19.0. The summed E-state index contributed by atoms with van der Waals surface area (Å²) in [6.45, 7) is 6.78. The Morgan fingerprint density at radius 1 is 0.929 bits per heavy atom. The van der Waals surface area contributed by atoms with E-state index < -0.39 is 6.10 Å². The highest BCUT2D eigenvalue weighted by atomic mass is 16.3. The molecule has 2 aromatic carbocycles. The van der Waals surface area contributed by atoms with Gasteiger partial charge in [0.05, 0.1) is 12.6 Å². The number of aliphatic hydroxyl groups is 1. The molecule has 1 atom stereocenters. The van der Waals surface area contributed by atoms with Crippen molar-refractivity contribution in [3.63, 3.8) is 0 Å². The highest BCUT2D eigenvalue weighted by molar-refractivity contribution is 5.82. The van der Waals surface area contributed by atoms with Crippen molar-refractivity contribution in [2.45, 2.75) is 26.0 Å². The molecule has 0 aliphatic carbocycles. The van der Waals surface area contributed by atoms with Crippen molar-refractivity contribution in [1.29, 1.82) is 0 Å². The summed E-state index contributed by atoms with van der Waals surface area (Å²) in [5.41, 5.74) is 5.07. The van der Waals surface area contributed by atoms with Crippen molar-refractivity contribution >= 4 is 11.6 Å². The predicted molar refractivity (Wildman–Crippen MR) is 111 cm³/mol. The Morgan fingerprint density at radius 3 is 2.43 bits per heavy atom. The number of anilines is 1. The molecule has 1 saturated heterocycles. The zero-order chi connectivity index (χ0) is 19.5. The van der Waals surface area contributed by atoms with Crippen LogP contribution in [0.5, 0.6) is 0 Å². The lowest BCUT2D eigenvalue weighted by molar-refractivity contribution is -0.132. The largest absolute Gasteiger partial charge is 0.390 e. The molecule has 2 aliphatic heterocycles. The van der Waals surface area contributed by atoms with Crippen LogP contribution in [-0.4, -0.2) is 66.2 Å². The van der Waals surface area contributed by atoms with Crippen LogP contribution in [0.1, 0.15) is 16.7 Å². The molecule has 0 spiro atoms. The maximum Gasteiger partial charge on any atom is 0.242 e. The molecule has 0 radical (unpaired) electrons. The van der Waals surface area contributed by atoms with E-state index in [1.165, 1.54) is 16.7 Å². The van der Waals surface area contributed by atoms with E-state index >= 15 is 0 Å². The van der Waals surface area contributed by atoms with E-state index in [0.29, 0.717) is 26.2 Å². The molecule has 5 heteroatoms. The Balaban J connectivity index is 1.28. The van der Waals surface area contributed by atoms with Gasteiger partial charge in [-0.05, 0) is 36.6 Å². The topological polar surface area (TPSA) is 47.0 Å². The lowest BCUT2D eigenvalue weighted by Gasteiger charge is -2.37. The number of benzene rings is 2. The van der Waals surface area contributed by atoms with E-state index in [1.54, 1.807) is 0 Å². The van der Waals surface area contributed by atoms with Crippen molar-refractivity contribution in [2.24, 2.45) is 0 Å². The molecular weight excluding hydrogens is 350 g/mol. The summed E-state index contributed by atoms with van der Waals surface area (Å²) < 4.78 is 0. The number of hydrogen-bond acceptors (Lipinski definition) is 4. The molecule has 1 amide bonds. The van der Waals surface area contributed by atoms with Crippen molar-refractivity contribution in [3.05, 3.63) is 65.2 Å². The van der Waals surface area contributed by atoms with Gasteiger partial charge in [-0.1, -0.05) is 42.0 Å². The maximum absolute atomic E-state index is 12.6. The minimum Gasteiger partial charge on any atom is -0.390 e. The van der Waals surface area contributed by atoms with Gasteiger partial charge in [0.15, 0.2) is 0 Å². The number of carbonyl (C=O) groups excluding carboxylic acids is 1. The van der Waals surface area contributed by atoms with Crippen molar-refractivity contribution < 1.29 is 9.90 Å². The highest BCUT2D eigenvalue weighted by Crippen LogP contribution is 2.20. The third-order valence-electron chi connectivity index (χ3n) is 5.83. The molecular formula is C23H29N3O2. The fourth-order valence-electron chi connectivity index (χ4n) is 4.20. The Kier molecular flexibility index (Phi) is 5.64. The van der Waals surface area contributed by atoms with E-state index in [-0.39, 0.29) is 5.91 Å². The second-order valence-electron chi connectivity index (χ2n) is 8.00. The van der Waals surface area contributed by atoms with Gasteiger partial charge in [0, 0.05) is 45.0 Å². The third-order valence-corrected chi connectivity index (χ3v) is 5.83. The number of piperazine rings is 1. The summed E-state index contributed by atoms with van der Waals surface area (Å²) >= 11 is 0. The summed E-state index contributed by atoms with van der Waals surface area (Å²) in [5, 5.41) is 10.6. The zero-order valence-electron chi connectivity index (χ0n) is 16.6. The number of β-amino-alcohol motifs (C(OH)–C–C–N with tert-alkyl or cyclic N) is 1. The summed E-state index contributed by atoms with van der Waals surface area (Å²) in [6, 6.07) is 16.8. The number of amides is 1. The van der Waals surface area contributed by atoms with E-state index in [0.717, 1.165) is 31.7 Å². The molecule has 2 aromatic rings. The summed E-state index contributed by atoms with van der Waals surface area (Å²) in [5.74, 6) is 0.0925. The molecule has 28 heavy (non-hydrogen) atoms. The zero-order valence-corrected chi connectivity index (χ0v) is 16.6. The smallest absolute Gasteiger partial charge is 0.242 e. The molecule has 2 aliphatic rings. The van der Waals surface area contributed by atoms with Crippen LogP contribution in [0.4, 0.5) is 5.69 Å². The van der Waals surface area contributed by atoms with Gasteiger partial charge in [0.1, 0.15) is 0 Å². The highest BCUT2D eigenvalue weighted by Gasteiger charge is 2.27.